The number of hydrogen-bond donors (Lipinski definition) is 0. The molecular weight excluding hydrogens is 408 g/mol. The van der Waals surface area contributed by atoms with Gasteiger partial charge < -0.3 is 32.8 Å². The summed E-state index contributed by atoms with van der Waals surface area (Å²) in [5, 5.41) is 0.570. The molecule has 0 spiro atoms. The van der Waals surface area contributed by atoms with Crippen LogP contribution in [0.2, 0.25) is 0 Å². The Kier molecular flexibility index (Phi) is 4.39. The number of carbonyl (C=O) groups excluding carboxylic acids is 1. The molecule has 2 atom stereocenters. The van der Waals surface area contributed by atoms with Gasteiger partial charge in [0.15, 0.2) is 11.5 Å². The zero-order valence-corrected chi connectivity index (χ0v) is 16.9. The van der Waals surface area contributed by atoms with Gasteiger partial charge in [0.2, 0.25) is 24.4 Å². The lowest BCUT2D eigenvalue weighted by molar-refractivity contribution is -0.148. The Morgan fingerprint density at radius 2 is 1.81 bits per heavy atom. The van der Waals surface area contributed by atoms with E-state index in [1.54, 1.807) is 30.3 Å². The highest BCUT2D eigenvalue weighted by atomic mass is 16.7. The van der Waals surface area contributed by atoms with Crippen molar-refractivity contribution in [2.75, 3.05) is 28.1 Å². The summed E-state index contributed by atoms with van der Waals surface area (Å²) in [4.78, 5) is 25.7. The van der Waals surface area contributed by atoms with Crippen molar-refractivity contribution in [3.63, 3.8) is 0 Å². The first-order valence-electron chi connectivity index (χ1n) is 9.43. The highest BCUT2D eigenvalue weighted by Crippen LogP contribution is 2.54. The molecule has 0 N–H and O–H groups in total. The van der Waals surface area contributed by atoms with Crippen LogP contribution < -0.4 is 29.3 Å². The number of rotatable bonds is 4. The predicted octanol–water partition coefficient (Wildman–Crippen LogP) is 2.60. The van der Waals surface area contributed by atoms with E-state index in [2.05, 4.69) is 0 Å². The molecule has 9 nitrogen and oxygen atoms in total. The van der Waals surface area contributed by atoms with E-state index < -0.39 is 23.6 Å². The third-order valence-electron chi connectivity index (χ3n) is 5.44. The van der Waals surface area contributed by atoms with Crippen LogP contribution in [-0.4, -0.2) is 40.2 Å². The summed E-state index contributed by atoms with van der Waals surface area (Å²) in [5.41, 5.74) is 0.364. The van der Waals surface area contributed by atoms with Crippen molar-refractivity contribution in [3.8, 4) is 28.7 Å². The standard InChI is InChI=1S/C22H18O9/c1-25-17-11(8-13-18(20(17)26-2)29-9-28-13)14-15-16(31-19(14)22(24)27-3)10-6-4-5-7-12(10)30-21(15)23/h4-8,14,19H,9H2,1-3H3/t14-,19+/m0/s1. The second kappa shape index (κ2) is 7.12. The van der Waals surface area contributed by atoms with Gasteiger partial charge in [0.05, 0.1) is 38.2 Å². The second-order valence-corrected chi connectivity index (χ2v) is 6.93. The maximum Gasteiger partial charge on any atom is 0.348 e. The molecule has 5 rings (SSSR count). The van der Waals surface area contributed by atoms with Gasteiger partial charge in [-0.25, -0.2) is 9.59 Å². The maximum atomic E-state index is 13.0. The van der Waals surface area contributed by atoms with Gasteiger partial charge in [-0.05, 0) is 18.2 Å². The predicted molar refractivity (Wildman–Crippen MR) is 106 cm³/mol. The summed E-state index contributed by atoms with van der Waals surface area (Å²) < 4.78 is 38.6. The van der Waals surface area contributed by atoms with Crippen LogP contribution in [0.3, 0.4) is 0 Å². The molecule has 0 amide bonds. The van der Waals surface area contributed by atoms with Gasteiger partial charge in [-0.15, -0.1) is 0 Å². The van der Waals surface area contributed by atoms with Gasteiger partial charge in [0.1, 0.15) is 11.3 Å². The fourth-order valence-corrected chi connectivity index (χ4v) is 4.14. The van der Waals surface area contributed by atoms with Crippen molar-refractivity contribution in [2.24, 2.45) is 0 Å². The van der Waals surface area contributed by atoms with E-state index >= 15 is 0 Å². The molecule has 2 aliphatic rings. The number of hydrogen-bond acceptors (Lipinski definition) is 9. The smallest absolute Gasteiger partial charge is 0.348 e. The molecule has 9 heteroatoms. The second-order valence-electron chi connectivity index (χ2n) is 6.93. The lowest BCUT2D eigenvalue weighted by Crippen LogP contribution is -2.32. The van der Waals surface area contributed by atoms with Crippen LogP contribution in [-0.2, 0) is 9.53 Å². The lowest BCUT2D eigenvalue weighted by atomic mass is 9.87. The minimum atomic E-state index is -1.15. The molecule has 0 saturated carbocycles. The molecule has 0 fully saturated rings. The van der Waals surface area contributed by atoms with E-state index in [4.69, 9.17) is 32.8 Å². The lowest BCUT2D eigenvalue weighted by Gasteiger charge is -2.21. The van der Waals surface area contributed by atoms with Crippen LogP contribution in [0.25, 0.3) is 11.0 Å². The Balaban J connectivity index is 1.82. The maximum absolute atomic E-state index is 13.0. The summed E-state index contributed by atoms with van der Waals surface area (Å²) in [5.74, 6) is 0.0812. The Hall–Kier alpha value is -3.88. The van der Waals surface area contributed by atoms with Gasteiger partial charge in [-0.1, -0.05) is 12.1 Å². The Labute approximate surface area is 176 Å². The molecule has 0 radical (unpaired) electrons. The van der Waals surface area contributed by atoms with Crippen molar-refractivity contribution >= 4 is 16.9 Å². The minimum absolute atomic E-state index is 0.00324. The highest BCUT2D eigenvalue weighted by molar-refractivity contribution is 5.89. The van der Waals surface area contributed by atoms with Gasteiger partial charge in [-0.3, -0.25) is 0 Å². The summed E-state index contributed by atoms with van der Waals surface area (Å²) in [6, 6.07) is 8.60. The monoisotopic (exact) mass is 426 g/mol. The Bertz CT molecular complexity index is 1260. The third kappa shape index (κ3) is 2.69. The molecule has 0 bridgehead atoms. The van der Waals surface area contributed by atoms with Gasteiger partial charge in [0.25, 0.3) is 0 Å². The third-order valence-corrected chi connectivity index (χ3v) is 5.44. The number of fused-ring (bicyclic) bond motifs is 4. The summed E-state index contributed by atoms with van der Waals surface area (Å²) >= 11 is 0. The van der Waals surface area contributed by atoms with Crippen LogP contribution in [0.1, 0.15) is 17.0 Å². The zero-order valence-electron chi connectivity index (χ0n) is 16.9. The molecule has 0 saturated heterocycles. The van der Waals surface area contributed by atoms with Gasteiger partial charge in [-0.2, -0.15) is 0 Å². The quantitative estimate of drug-likeness (QED) is 0.460. The summed E-state index contributed by atoms with van der Waals surface area (Å²) in [6.07, 6.45) is -1.15. The first-order valence-corrected chi connectivity index (χ1v) is 9.43. The fourth-order valence-electron chi connectivity index (χ4n) is 4.14. The Morgan fingerprint density at radius 3 is 2.55 bits per heavy atom. The number of esters is 1. The first kappa shape index (κ1) is 19.1. The van der Waals surface area contributed by atoms with E-state index in [0.717, 1.165) is 0 Å². The normalized spacial score (nSPS) is 18.4. The number of methoxy groups -OCH3 is 3. The molecule has 160 valence electrons. The van der Waals surface area contributed by atoms with E-state index in [-0.39, 0.29) is 29.6 Å². The average molecular weight is 426 g/mol. The van der Waals surface area contributed by atoms with E-state index in [1.807, 2.05) is 0 Å². The van der Waals surface area contributed by atoms with Gasteiger partial charge in [0, 0.05) is 5.56 Å². The number of ether oxygens (including phenoxy) is 6. The fraction of sp³-hybridized carbons (Fsp3) is 0.273. The summed E-state index contributed by atoms with van der Waals surface area (Å²) in [7, 11) is 4.17. The van der Waals surface area contributed by atoms with Crippen molar-refractivity contribution in [2.45, 2.75) is 12.0 Å². The van der Waals surface area contributed by atoms with Gasteiger partial charge >= 0.3 is 11.6 Å². The average Bonchev–Trinajstić information content (AvgIpc) is 3.42. The van der Waals surface area contributed by atoms with E-state index in [1.165, 1.54) is 21.3 Å². The number of carbonyl (C=O) groups is 1. The molecule has 2 aliphatic heterocycles. The molecule has 31 heavy (non-hydrogen) atoms. The van der Waals surface area contributed by atoms with Crippen molar-refractivity contribution < 1.29 is 37.6 Å². The van der Waals surface area contributed by atoms with Crippen LogP contribution in [0, 0.1) is 0 Å². The minimum Gasteiger partial charge on any atom is -0.492 e. The van der Waals surface area contributed by atoms with Crippen LogP contribution in [0.4, 0.5) is 0 Å². The zero-order chi connectivity index (χ0) is 21.7. The van der Waals surface area contributed by atoms with E-state index in [0.29, 0.717) is 28.0 Å². The first-order chi connectivity index (χ1) is 15.1. The molecule has 3 aromatic rings. The molecule has 2 aromatic carbocycles. The highest BCUT2D eigenvalue weighted by Gasteiger charge is 2.47. The molecule has 0 unspecified atom stereocenters. The van der Waals surface area contributed by atoms with Crippen LogP contribution in [0.15, 0.2) is 39.5 Å². The topological polar surface area (TPSA) is 103 Å². The Morgan fingerprint density at radius 1 is 1.03 bits per heavy atom. The van der Waals surface area contributed by atoms with Crippen molar-refractivity contribution in [1.82, 2.24) is 0 Å². The molecular formula is C22H18O9. The number of para-hydroxylation sites is 1. The number of benzene rings is 2. The van der Waals surface area contributed by atoms with E-state index in [9.17, 15) is 9.59 Å². The summed E-state index contributed by atoms with van der Waals surface area (Å²) in [6.45, 7) is 0.00324. The molecule has 3 heterocycles. The molecule has 1 aromatic heterocycles. The van der Waals surface area contributed by atoms with Crippen LogP contribution >= 0.6 is 0 Å². The largest absolute Gasteiger partial charge is 0.492 e. The van der Waals surface area contributed by atoms with Crippen molar-refractivity contribution in [1.29, 1.82) is 0 Å². The van der Waals surface area contributed by atoms with Crippen LogP contribution in [0.5, 0.6) is 28.7 Å². The molecule has 0 aliphatic carbocycles. The van der Waals surface area contributed by atoms with Crippen molar-refractivity contribution in [3.05, 3.63) is 51.9 Å². The SMILES string of the molecule is COC(=O)[C@@H]1Oc2c(c(=O)oc3ccccc23)[C@@H]1c1cc2c(c(OC)c1OC)OCO2.